The summed E-state index contributed by atoms with van der Waals surface area (Å²) < 4.78 is 22.6. The average Bonchev–Trinajstić information content (AvgIpc) is 2.38. The van der Waals surface area contributed by atoms with Gasteiger partial charge in [-0.25, -0.2) is 8.42 Å². The molecule has 0 spiro atoms. The molecule has 1 aliphatic carbocycles. The molecule has 0 aromatic heterocycles. The van der Waals surface area contributed by atoms with Crippen LogP contribution in [0.3, 0.4) is 0 Å². The van der Waals surface area contributed by atoms with Crippen LogP contribution >= 0.6 is 22.3 Å². The fourth-order valence-corrected chi connectivity index (χ4v) is 4.15. The van der Waals surface area contributed by atoms with Crippen molar-refractivity contribution in [2.75, 3.05) is 5.32 Å². The van der Waals surface area contributed by atoms with E-state index in [-0.39, 0.29) is 21.2 Å². The number of rotatable bonds is 3. The van der Waals surface area contributed by atoms with E-state index in [1.165, 1.54) is 18.2 Å². The molecule has 7 heteroatoms. The van der Waals surface area contributed by atoms with Crippen molar-refractivity contribution in [3.05, 3.63) is 23.2 Å². The third-order valence-electron chi connectivity index (χ3n) is 3.96. The van der Waals surface area contributed by atoms with Gasteiger partial charge in [0, 0.05) is 21.8 Å². The highest BCUT2D eigenvalue weighted by Crippen LogP contribution is 2.37. The molecule has 0 radical (unpaired) electrons. The highest BCUT2D eigenvalue weighted by atomic mass is 35.7. The van der Waals surface area contributed by atoms with Crippen LogP contribution in [0.4, 0.5) is 5.69 Å². The van der Waals surface area contributed by atoms with Gasteiger partial charge in [0.1, 0.15) is 4.90 Å². The second kappa shape index (κ2) is 6.15. The summed E-state index contributed by atoms with van der Waals surface area (Å²) in [6, 6.07) is 4.19. The van der Waals surface area contributed by atoms with Gasteiger partial charge in [0.05, 0.1) is 5.02 Å². The highest BCUT2D eigenvalue weighted by molar-refractivity contribution is 8.13. The van der Waals surface area contributed by atoms with Crippen molar-refractivity contribution < 1.29 is 13.2 Å². The van der Waals surface area contributed by atoms with E-state index in [9.17, 15) is 13.2 Å². The van der Waals surface area contributed by atoms with Gasteiger partial charge >= 0.3 is 0 Å². The number of hydrogen-bond donors (Lipinski definition) is 1. The maximum absolute atomic E-state index is 12.4. The lowest BCUT2D eigenvalue weighted by Crippen LogP contribution is -2.35. The molecule has 0 heterocycles. The van der Waals surface area contributed by atoms with E-state index >= 15 is 0 Å². The number of carbonyl (C=O) groups is 1. The second-order valence-electron chi connectivity index (χ2n) is 5.66. The standard InChI is InChI=1S/C14H17Cl2NO3S/c1-14(7-3-2-4-8-14)13(18)17-10-5-6-12(11(15)9-10)21(16,19)20/h5-6,9H,2-4,7-8H2,1H3,(H,17,18). The van der Waals surface area contributed by atoms with Crippen LogP contribution in [0, 0.1) is 5.41 Å². The van der Waals surface area contributed by atoms with Gasteiger partial charge in [-0.1, -0.05) is 37.8 Å². The number of hydrogen-bond acceptors (Lipinski definition) is 3. The number of benzene rings is 1. The third-order valence-corrected chi connectivity index (χ3v) is 5.76. The molecule has 21 heavy (non-hydrogen) atoms. The molecule has 116 valence electrons. The monoisotopic (exact) mass is 349 g/mol. The fourth-order valence-electron chi connectivity index (χ4n) is 2.62. The molecular formula is C14H17Cl2NO3S. The van der Waals surface area contributed by atoms with Crippen molar-refractivity contribution in [1.82, 2.24) is 0 Å². The van der Waals surface area contributed by atoms with Gasteiger partial charge in [-0.3, -0.25) is 4.79 Å². The van der Waals surface area contributed by atoms with E-state index in [4.69, 9.17) is 22.3 Å². The quantitative estimate of drug-likeness (QED) is 0.832. The summed E-state index contributed by atoms with van der Waals surface area (Å²) in [5.74, 6) is -0.0558. The summed E-state index contributed by atoms with van der Waals surface area (Å²) in [6.07, 6.45) is 4.99. The topological polar surface area (TPSA) is 63.2 Å². The Hall–Kier alpha value is -0.780. The molecule has 1 saturated carbocycles. The van der Waals surface area contributed by atoms with Crippen LogP contribution in [0.1, 0.15) is 39.0 Å². The third kappa shape index (κ3) is 3.90. The summed E-state index contributed by atoms with van der Waals surface area (Å²) in [6.45, 7) is 1.96. The predicted molar refractivity (Wildman–Crippen MR) is 84.3 cm³/mol. The molecule has 0 saturated heterocycles. The van der Waals surface area contributed by atoms with Crippen LogP contribution in [0.25, 0.3) is 0 Å². The average molecular weight is 350 g/mol. The number of nitrogens with one attached hydrogen (secondary N) is 1. The van der Waals surface area contributed by atoms with Crippen LogP contribution in [0.2, 0.25) is 5.02 Å². The Labute approximate surface area is 134 Å². The minimum absolute atomic E-state index is 0.00315. The SMILES string of the molecule is CC1(C(=O)Nc2ccc(S(=O)(=O)Cl)c(Cl)c2)CCCCC1. The zero-order valence-corrected chi connectivity index (χ0v) is 14.0. The largest absolute Gasteiger partial charge is 0.326 e. The molecule has 1 N–H and O–H groups in total. The summed E-state index contributed by atoms with van der Waals surface area (Å²) in [5.41, 5.74) is 0.1000. The second-order valence-corrected chi connectivity index (χ2v) is 8.60. The molecule has 1 aliphatic rings. The molecule has 2 rings (SSSR count). The van der Waals surface area contributed by atoms with Gasteiger partial charge in [-0.2, -0.15) is 0 Å². The molecule has 0 bridgehead atoms. The van der Waals surface area contributed by atoms with E-state index in [1.807, 2.05) is 6.92 Å². The Balaban J connectivity index is 2.17. The van der Waals surface area contributed by atoms with Crippen LogP contribution in [0.5, 0.6) is 0 Å². The van der Waals surface area contributed by atoms with Crippen LogP contribution < -0.4 is 5.32 Å². The molecule has 1 aromatic rings. The normalized spacial score (nSPS) is 18.2. The van der Waals surface area contributed by atoms with Crippen molar-refractivity contribution in [2.24, 2.45) is 5.41 Å². The molecule has 1 aromatic carbocycles. The van der Waals surface area contributed by atoms with Gasteiger partial charge in [-0.05, 0) is 31.0 Å². The molecule has 0 atom stereocenters. The van der Waals surface area contributed by atoms with Crippen molar-refractivity contribution in [1.29, 1.82) is 0 Å². The van der Waals surface area contributed by atoms with Crippen LogP contribution in [0.15, 0.2) is 23.1 Å². The van der Waals surface area contributed by atoms with Crippen molar-refractivity contribution >= 4 is 42.9 Å². The minimum Gasteiger partial charge on any atom is -0.326 e. The Kier molecular flexibility index (Phi) is 4.85. The maximum Gasteiger partial charge on any atom is 0.262 e. The molecule has 1 fully saturated rings. The van der Waals surface area contributed by atoms with Gasteiger partial charge < -0.3 is 5.32 Å². The Morgan fingerprint density at radius 2 is 1.86 bits per heavy atom. The smallest absolute Gasteiger partial charge is 0.262 e. The first-order valence-corrected chi connectivity index (χ1v) is 9.47. The van der Waals surface area contributed by atoms with Crippen molar-refractivity contribution in [3.8, 4) is 0 Å². The molecule has 0 aliphatic heterocycles. The number of anilines is 1. The molecule has 1 amide bonds. The first kappa shape index (κ1) is 16.6. The summed E-state index contributed by atoms with van der Waals surface area (Å²) in [5, 5.41) is 2.81. The van der Waals surface area contributed by atoms with Gasteiger partial charge in [-0.15, -0.1) is 0 Å². The van der Waals surface area contributed by atoms with Gasteiger partial charge in [0.25, 0.3) is 9.05 Å². The van der Waals surface area contributed by atoms with E-state index in [2.05, 4.69) is 5.32 Å². The lowest BCUT2D eigenvalue weighted by Gasteiger charge is -2.32. The van der Waals surface area contributed by atoms with Gasteiger partial charge in [0.15, 0.2) is 0 Å². The summed E-state index contributed by atoms with van der Waals surface area (Å²) >= 11 is 5.90. The van der Waals surface area contributed by atoms with Gasteiger partial charge in [0.2, 0.25) is 5.91 Å². The highest BCUT2D eigenvalue weighted by Gasteiger charge is 2.34. The molecule has 4 nitrogen and oxygen atoms in total. The van der Waals surface area contributed by atoms with Crippen LogP contribution in [-0.4, -0.2) is 14.3 Å². The minimum atomic E-state index is -3.88. The van der Waals surface area contributed by atoms with Crippen LogP contribution in [-0.2, 0) is 13.8 Å². The van der Waals surface area contributed by atoms with E-state index in [1.54, 1.807) is 0 Å². The number of amides is 1. The predicted octanol–water partition coefficient (Wildman–Crippen LogP) is 4.18. The fraction of sp³-hybridized carbons (Fsp3) is 0.500. The summed E-state index contributed by atoms with van der Waals surface area (Å²) in [4.78, 5) is 12.2. The van der Waals surface area contributed by atoms with Crippen molar-refractivity contribution in [3.63, 3.8) is 0 Å². The maximum atomic E-state index is 12.4. The first-order valence-electron chi connectivity index (χ1n) is 6.78. The Morgan fingerprint density at radius 1 is 1.24 bits per heavy atom. The van der Waals surface area contributed by atoms with E-state index in [0.717, 1.165) is 32.1 Å². The molecular weight excluding hydrogens is 333 g/mol. The Bertz CT molecular complexity index is 652. The molecule has 0 unspecified atom stereocenters. The number of carbonyl (C=O) groups excluding carboxylic acids is 1. The zero-order valence-electron chi connectivity index (χ0n) is 11.7. The van der Waals surface area contributed by atoms with Crippen molar-refractivity contribution in [2.45, 2.75) is 43.9 Å². The Morgan fingerprint density at radius 3 is 2.38 bits per heavy atom. The van der Waals surface area contributed by atoms with E-state index in [0.29, 0.717) is 5.69 Å². The lowest BCUT2D eigenvalue weighted by molar-refractivity contribution is -0.126. The zero-order chi connectivity index (χ0) is 15.7. The first-order chi connectivity index (χ1) is 9.72. The lowest BCUT2D eigenvalue weighted by atomic mass is 9.75. The summed E-state index contributed by atoms with van der Waals surface area (Å²) in [7, 11) is 1.38. The van der Waals surface area contributed by atoms with E-state index < -0.39 is 9.05 Å². The number of halogens is 2.